The van der Waals surface area contributed by atoms with Gasteiger partial charge in [0.2, 0.25) is 10.0 Å². The second-order valence-corrected chi connectivity index (χ2v) is 9.58. The van der Waals surface area contributed by atoms with Crippen molar-refractivity contribution >= 4 is 20.9 Å². The Bertz CT molecular complexity index is 1140. The number of aryl methyl sites for hydroxylation is 1. The number of nitrogens with one attached hydrogen (secondary N) is 2. The Kier molecular flexibility index (Phi) is 4.97. The van der Waals surface area contributed by atoms with Crippen LogP contribution < -0.4 is 10.3 Å². The molecular formula is C21H24N2O3S. The third-order valence-corrected chi connectivity index (χ3v) is 5.98. The number of fused-ring (bicyclic) bond motifs is 1. The molecule has 1 aromatic heterocycles. The van der Waals surface area contributed by atoms with Crippen molar-refractivity contribution in [3.63, 3.8) is 0 Å². The number of benzene rings is 2. The molecule has 5 nitrogen and oxygen atoms in total. The molecule has 0 atom stereocenters. The Balaban J connectivity index is 1.83. The topological polar surface area (TPSA) is 79.0 Å². The second-order valence-electron chi connectivity index (χ2n) is 7.81. The quantitative estimate of drug-likeness (QED) is 0.721. The van der Waals surface area contributed by atoms with Crippen LogP contribution >= 0.6 is 0 Å². The monoisotopic (exact) mass is 384 g/mol. The molecule has 0 radical (unpaired) electrons. The number of H-pyrrole nitrogens is 1. The van der Waals surface area contributed by atoms with Crippen molar-refractivity contribution in [3.8, 4) is 0 Å². The lowest BCUT2D eigenvalue weighted by Crippen LogP contribution is -2.27. The van der Waals surface area contributed by atoms with Crippen LogP contribution in [0.25, 0.3) is 10.9 Å². The third-order valence-electron chi connectivity index (χ3n) is 4.56. The summed E-state index contributed by atoms with van der Waals surface area (Å²) in [6.07, 6.45) is 0. The van der Waals surface area contributed by atoms with Gasteiger partial charge in [0.25, 0.3) is 5.56 Å². The molecule has 2 N–H and O–H groups in total. The maximum Gasteiger partial charge on any atom is 0.252 e. The maximum atomic E-state index is 12.6. The zero-order valence-electron chi connectivity index (χ0n) is 16.0. The van der Waals surface area contributed by atoms with E-state index in [1.54, 1.807) is 18.2 Å². The van der Waals surface area contributed by atoms with E-state index in [4.69, 9.17) is 0 Å². The highest BCUT2D eigenvalue weighted by Crippen LogP contribution is 2.23. The Labute approximate surface area is 159 Å². The van der Waals surface area contributed by atoms with Gasteiger partial charge >= 0.3 is 0 Å². The fourth-order valence-electron chi connectivity index (χ4n) is 2.88. The van der Waals surface area contributed by atoms with Gasteiger partial charge in [0.15, 0.2) is 0 Å². The van der Waals surface area contributed by atoms with Crippen LogP contribution in [-0.4, -0.2) is 13.4 Å². The maximum absolute atomic E-state index is 12.6. The molecular weight excluding hydrogens is 360 g/mol. The standard InChI is InChI=1S/C21H24N2O3S/c1-14-5-6-15-12-16(20(24)23-19(15)11-14)13-22-27(25,26)18-9-7-17(8-10-18)21(2,3)4/h5-12,22H,13H2,1-4H3,(H,23,24). The molecule has 0 spiro atoms. The fraction of sp³-hybridized carbons (Fsp3) is 0.286. The van der Waals surface area contributed by atoms with Crippen LogP contribution in [-0.2, 0) is 22.0 Å². The van der Waals surface area contributed by atoms with Crippen LogP contribution in [0.5, 0.6) is 0 Å². The first kappa shape index (κ1) is 19.3. The molecule has 27 heavy (non-hydrogen) atoms. The summed E-state index contributed by atoms with van der Waals surface area (Å²) in [6, 6.07) is 14.3. The van der Waals surface area contributed by atoms with Gasteiger partial charge in [0, 0.05) is 17.6 Å². The van der Waals surface area contributed by atoms with Crippen molar-refractivity contribution < 1.29 is 8.42 Å². The summed E-state index contributed by atoms with van der Waals surface area (Å²) in [5.41, 5.74) is 2.88. The van der Waals surface area contributed by atoms with Crippen molar-refractivity contribution in [2.45, 2.75) is 44.6 Å². The van der Waals surface area contributed by atoms with Gasteiger partial charge in [-0.2, -0.15) is 0 Å². The Morgan fingerprint density at radius 1 is 1.00 bits per heavy atom. The van der Waals surface area contributed by atoms with E-state index in [1.807, 2.05) is 37.3 Å². The highest BCUT2D eigenvalue weighted by molar-refractivity contribution is 7.89. The van der Waals surface area contributed by atoms with Crippen LogP contribution in [0, 0.1) is 6.92 Å². The summed E-state index contributed by atoms with van der Waals surface area (Å²) < 4.78 is 27.6. The highest BCUT2D eigenvalue weighted by Gasteiger charge is 2.18. The number of sulfonamides is 1. The summed E-state index contributed by atoms with van der Waals surface area (Å²) >= 11 is 0. The number of hydrogen-bond acceptors (Lipinski definition) is 3. The zero-order chi connectivity index (χ0) is 19.8. The minimum atomic E-state index is -3.70. The van der Waals surface area contributed by atoms with Gasteiger partial charge in [-0.05, 0) is 53.1 Å². The van der Waals surface area contributed by atoms with Crippen molar-refractivity contribution in [1.29, 1.82) is 0 Å². The van der Waals surface area contributed by atoms with E-state index < -0.39 is 10.0 Å². The summed E-state index contributed by atoms with van der Waals surface area (Å²) in [7, 11) is -3.70. The van der Waals surface area contributed by atoms with Gasteiger partial charge in [-0.15, -0.1) is 0 Å². The smallest absolute Gasteiger partial charge is 0.252 e. The number of rotatable bonds is 4. The van der Waals surface area contributed by atoms with E-state index in [0.717, 1.165) is 22.0 Å². The molecule has 0 bridgehead atoms. The van der Waals surface area contributed by atoms with Gasteiger partial charge < -0.3 is 4.98 Å². The largest absolute Gasteiger partial charge is 0.322 e. The second kappa shape index (κ2) is 6.94. The molecule has 0 amide bonds. The Morgan fingerprint density at radius 2 is 1.67 bits per heavy atom. The van der Waals surface area contributed by atoms with E-state index in [2.05, 4.69) is 30.5 Å². The lowest BCUT2D eigenvalue weighted by molar-refractivity contribution is 0.578. The first-order valence-electron chi connectivity index (χ1n) is 8.79. The van der Waals surface area contributed by atoms with Crippen molar-refractivity contribution in [2.75, 3.05) is 0 Å². The van der Waals surface area contributed by atoms with Crippen LogP contribution in [0.1, 0.15) is 37.5 Å². The normalized spacial score (nSPS) is 12.4. The van der Waals surface area contributed by atoms with Crippen LogP contribution in [0.3, 0.4) is 0 Å². The summed E-state index contributed by atoms with van der Waals surface area (Å²) in [5.74, 6) is 0. The Morgan fingerprint density at radius 3 is 2.30 bits per heavy atom. The SMILES string of the molecule is Cc1ccc2cc(CNS(=O)(=O)c3ccc(C(C)(C)C)cc3)c(=O)[nH]c2c1. The first-order valence-corrected chi connectivity index (χ1v) is 10.3. The highest BCUT2D eigenvalue weighted by atomic mass is 32.2. The zero-order valence-corrected chi connectivity index (χ0v) is 16.8. The number of hydrogen-bond donors (Lipinski definition) is 2. The lowest BCUT2D eigenvalue weighted by Gasteiger charge is -2.19. The van der Waals surface area contributed by atoms with E-state index in [1.165, 1.54) is 0 Å². The molecule has 0 aliphatic heterocycles. The first-order chi connectivity index (χ1) is 12.6. The fourth-order valence-corrected chi connectivity index (χ4v) is 3.89. The van der Waals surface area contributed by atoms with E-state index in [-0.39, 0.29) is 22.4 Å². The molecule has 1 heterocycles. The molecule has 0 unspecified atom stereocenters. The third kappa shape index (κ3) is 4.28. The van der Waals surface area contributed by atoms with Crippen molar-refractivity contribution in [3.05, 3.63) is 75.6 Å². The summed E-state index contributed by atoms with van der Waals surface area (Å²) in [4.78, 5) is 15.3. The van der Waals surface area contributed by atoms with Gasteiger partial charge in [-0.3, -0.25) is 4.79 Å². The van der Waals surface area contributed by atoms with Crippen molar-refractivity contribution in [2.24, 2.45) is 0 Å². The molecule has 0 aliphatic carbocycles. The molecule has 6 heteroatoms. The molecule has 0 saturated heterocycles. The summed E-state index contributed by atoms with van der Waals surface area (Å²) in [5, 5.41) is 0.865. The average Bonchev–Trinajstić information content (AvgIpc) is 2.59. The molecule has 3 aromatic rings. The molecule has 0 aliphatic rings. The molecule has 0 fully saturated rings. The molecule has 0 saturated carbocycles. The number of pyridine rings is 1. The van der Waals surface area contributed by atoms with E-state index >= 15 is 0 Å². The van der Waals surface area contributed by atoms with Gasteiger partial charge in [0.05, 0.1) is 4.90 Å². The number of aromatic amines is 1. The van der Waals surface area contributed by atoms with Crippen molar-refractivity contribution in [1.82, 2.24) is 9.71 Å². The average molecular weight is 385 g/mol. The Hall–Kier alpha value is -2.44. The molecule has 2 aromatic carbocycles. The van der Waals surface area contributed by atoms with Gasteiger partial charge in [-0.1, -0.05) is 45.0 Å². The predicted octanol–water partition coefficient (Wildman–Crippen LogP) is 3.61. The predicted molar refractivity (Wildman–Crippen MR) is 108 cm³/mol. The van der Waals surface area contributed by atoms with E-state index in [9.17, 15) is 13.2 Å². The van der Waals surface area contributed by atoms with Gasteiger partial charge in [0.1, 0.15) is 0 Å². The van der Waals surface area contributed by atoms with Crippen LogP contribution in [0.4, 0.5) is 0 Å². The van der Waals surface area contributed by atoms with Crippen LogP contribution in [0.2, 0.25) is 0 Å². The molecule has 3 rings (SSSR count). The minimum Gasteiger partial charge on any atom is -0.322 e. The summed E-state index contributed by atoms with van der Waals surface area (Å²) in [6.45, 7) is 8.10. The lowest BCUT2D eigenvalue weighted by atomic mass is 9.87. The number of aromatic nitrogens is 1. The minimum absolute atomic E-state index is 0.0491. The van der Waals surface area contributed by atoms with Gasteiger partial charge in [-0.25, -0.2) is 13.1 Å². The van der Waals surface area contributed by atoms with E-state index in [0.29, 0.717) is 5.56 Å². The van der Waals surface area contributed by atoms with Crippen LogP contribution in [0.15, 0.2) is 58.2 Å². The molecule has 142 valence electrons.